The summed E-state index contributed by atoms with van der Waals surface area (Å²) in [6.07, 6.45) is -3.53. The Morgan fingerprint density at radius 1 is 1.36 bits per heavy atom. The lowest BCUT2D eigenvalue weighted by atomic mass is 9.72. The first-order chi connectivity index (χ1) is 10.3. The first-order valence-electron chi connectivity index (χ1n) is 7.48. The lowest BCUT2D eigenvalue weighted by Gasteiger charge is -2.43. The van der Waals surface area contributed by atoms with Crippen molar-refractivity contribution in [1.29, 1.82) is 0 Å². The minimum absolute atomic E-state index is 0.0108. The molecule has 3 nitrogen and oxygen atoms in total. The van der Waals surface area contributed by atoms with Crippen molar-refractivity contribution in [3.05, 3.63) is 29.3 Å². The van der Waals surface area contributed by atoms with Crippen LogP contribution in [0.3, 0.4) is 0 Å². The Balaban J connectivity index is 1.65. The number of carbonyl (C=O) groups excluding carboxylic acids is 1. The van der Waals surface area contributed by atoms with Crippen molar-refractivity contribution in [2.24, 2.45) is 5.92 Å². The van der Waals surface area contributed by atoms with Gasteiger partial charge in [0.25, 0.3) is 5.91 Å². The van der Waals surface area contributed by atoms with Crippen molar-refractivity contribution in [3.63, 3.8) is 0 Å². The number of nitrogens with zero attached hydrogens (tertiary/aromatic N) is 1. The van der Waals surface area contributed by atoms with Crippen LogP contribution in [0.15, 0.2) is 18.2 Å². The smallest absolute Gasteiger partial charge is 0.411 e. The third kappa shape index (κ3) is 1.72. The summed E-state index contributed by atoms with van der Waals surface area (Å²) < 4.78 is 45.7. The fourth-order valence-electron chi connectivity index (χ4n) is 4.05. The minimum Gasteiger partial charge on any atom is -0.490 e. The summed E-state index contributed by atoms with van der Waals surface area (Å²) in [5.41, 5.74) is -0.712. The van der Waals surface area contributed by atoms with E-state index in [1.165, 1.54) is 0 Å². The Labute approximate surface area is 126 Å². The molecule has 1 saturated carbocycles. The number of rotatable bonds is 1. The molecule has 5 rings (SSSR count). The van der Waals surface area contributed by atoms with Crippen LogP contribution in [-0.4, -0.2) is 35.2 Å². The molecule has 0 spiro atoms. The van der Waals surface area contributed by atoms with Crippen molar-refractivity contribution in [2.75, 3.05) is 6.54 Å². The first-order valence-corrected chi connectivity index (χ1v) is 7.48. The molecule has 0 aromatic heterocycles. The average Bonchev–Trinajstić information content (AvgIpc) is 3.04. The number of hydrogen-bond acceptors (Lipinski definition) is 2. The molecule has 0 radical (unpaired) electrons. The van der Waals surface area contributed by atoms with Gasteiger partial charge in [-0.3, -0.25) is 4.79 Å². The van der Waals surface area contributed by atoms with E-state index in [0.717, 1.165) is 16.2 Å². The average molecular weight is 311 g/mol. The molecular weight excluding hydrogens is 295 g/mol. The maximum absolute atomic E-state index is 13.4. The molecule has 4 aliphatic rings. The molecule has 2 saturated heterocycles. The normalized spacial score (nSPS) is 32.5. The maximum Gasteiger partial charge on any atom is 0.411 e. The van der Waals surface area contributed by atoms with Crippen molar-refractivity contribution >= 4 is 5.91 Å². The molecule has 1 aliphatic carbocycles. The van der Waals surface area contributed by atoms with Gasteiger partial charge in [0.15, 0.2) is 0 Å². The maximum atomic E-state index is 13.4. The van der Waals surface area contributed by atoms with Crippen molar-refractivity contribution < 1.29 is 22.7 Å². The summed E-state index contributed by atoms with van der Waals surface area (Å²) in [6.45, 7) is 2.14. The van der Waals surface area contributed by atoms with Gasteiger partial charge in [0.05, 0.1) is 0 Å². The molecule has 1 amide bonds. The molecule has 1 atom stereocenters. The van der Waals surface area contributed by atoms with E-state index in [2.05, 4.69) is 0 Å². The van der Waals surface area contributed by atoms with Crippen LogP contribution < -0.4 is 4.74 Å². The molecule has 2 bridgehead atoms. The van der Waals surface area contributed by atoms with E-state index in [1.807, 2.05) is 6.92 Å². The van der Waals surface area contributed by atoms with Crippen molar-refractivity contribution in [1.82, 2.24) is 4.90 Å². The van der Waals surface area contributed by atoms with E-state index in [4.69, 9.17) is 4.74 Å². The fraction of sp³-hybridized carbons (Fsp3) is 0.562. The van der Waals surface area contributed by atoms with Crippen LogP contribution in [0.4, 0.5) is 13.2 Å². The zero-order chi connectivity index (χ0) is 15.7. The highest BCUT2D eigenvalue weighted by Crippen LogP contribution is 2.58. The highest BCUT2D eigenvalue weighted by molar-refractivity contribution is 5.96. The third-order valence-corrected chi connectivity index (χ3v) is 5.13. The number of ether oxygens (including phenoxy) is 1. The predicted octanol–water partition coefficient (Wildman–Crippen LogP) is 3.18. The Bertz CT molecular complexity index is 649. The molecule has 1 aromatic rings. The van der Waals surface area contributed by atoms with Gasteiger partial charge in [-0.1, -0.05) is 0 Å². The number of alkyl halides is 3. The number of fused-ring (bicyclic) bond motifs is 2. The van der Waals surface area contributed by atoms with Crippen LogP contribution >= 0.6 is 0 Å². The molecule has 3 fully saturated rings. The summed E-state index contributed by atoms with van der Waals surface area (Å²) in [4.78, 5) is 13.6. The van der Waals surface area contributed by atoms with Gasteiger partial charge in [-0.2, -0.15) is 13.2 Å². The topological polar surface area (TPSA) is 29.5 Å². The number of amides is 1. The summed E-state index contributed by atoms with van der Waals surface area (Å²) in [5.74, 6) is 0.198. The van der Waals surface area contributed by atoms with Crippen molar-refractivity contribution in [2.45, 2.75) is 44.0 Å². The summed E-state index contributed by atoms with van der Waals surface area (Å²) in [5, 5.41) is 0. The molecular formula is C16H16F3NO2. The van der Waals surface area contributed by atoms with Crippen LogP contribution in [0.2, 0.25) is 0 Å². The van der Waals surface area contributed by atoms with E-state index < -0.39 is 17.6 Å². The molecule has 0 N–H and O–H groups in total. The SMILES string of the molecule is CC1Cc2cc(C(=O)N3CC4CC3(C(F)(F)F)C4)ccc2O1. The molecule has 22 heavy (non-hydrogen) atoms. The van der Waals surface area contributed by atoms with Gasteiger partial charge in [-0.15, -0.1) is 0 Å². The van der Waals surface area contributed by atoms with E-state index in [9.17, 15) is 18.0 Å². The summed E-state index contributed by atoms with van der Waals surface area (Å²) in [6, 6.07) is 4.94. The second kappa shape index (κ2) is 4.18. The zero-order valence-corrected chi connectivity index (χ0v) is 12.1. The third-order valence-electron chi connectivity index (χ3n) is 5.13. The molecule has 118 valence electrons. The van der Waals surface area contributed by atoms with E-state index >= 15 is 0 Å². The number of benzene rings is 1. The molecule has 1 unspecified atom stereocenters. The molecule has 6 heteroatoms. The zero-order valence-electron chi connectivity index (χ0n) is 12.1. The van der Waals surface area contributed by atoms with Crippen LogP contribution in [0.5, 0.6) is 5.75 Å². The molecule has 3 aliphatic heterocycles. The highest BCUT2D eigenvalue weighted by Gasteiger charge is 2.71. The Morgan fingerprint density at radius 3 is 2.77 bits per heavy atom. The van der Waals surface area contributed by atoms with Crippen molar-refractivity contribution in [3.8, 4) is 5.75 Å². The van der Waals surface area contributed by atoms with Gasteiger partial charge in [-0.05, 0) is 49.4 Å². The second-order valence-corrected chi connectivity index (χ2v) is 6.67. The van der Waals surface area contributed by atoms with Crippen LogP contribution in [-0.2, 0) is 6.42 Å². The number of carbonyl (C=O) groups is 1. The number of hydrogen-bond donors (Lipinski definition) is 0. The Kier molecular flexibility index (Phi) is 2.64. The Morgan fingerprint density at radius 2 is 2.09 bits per heavy atom. The Hall–Kier alpha value is -1.72. The molecule has 3 heterocycles. The first kappa shape index (κ1) is 13.9. The van der Waals surface area contributed by atoms with E-state index in [0.29, 0.717) is 12.0 Å². The van der Waals surface area contributed by atoms with E-state index in [1.54, 1.807) is 18.2 Å². The van der Waals surface area contributed by atoms with Gasteiger partial charge in [0.1, 0.15) is 17.4 Å². The van der Waals surface area contributed by atoms with Gasteiger partial charge < -0.3 is 9.64 Å². The second-order valence-electron chi connectivity index (χ2n) is 6.67. The van der Waals surface area contributed by atoms with Crippen LogP contribution in [0.1, 0.15) is 35.7 Å². The molecule has 1 aromatic carbocycles. The fourth-order valence-corrected chi connectivity index (χ4v) is 4.05. The predicted molar refractivity (Wildman–Crippen MR) is 72.8 cm³/mol. The quantitative estimate of drug-likeness (QED) is 0.797. The lowest BCUT2D eigenvalue weighted by Crippen LogP contribution is -2.58. The number of halogens is 3. The van der Waals surface area contributed by atoms with Crippen LogP contribution in [0, 0.1) is 5.92 Å². The van der Waals surface area contributed by atoms with Gasteiger partial charge >= 0.3 is 6.18 Å². The van der Waals surface area contributed by atoms with Crippen LogP contribution in [0.25, 0.3) is 0 Å². The largest absolute Gasteiger partial charge is 0.490 e. The lowest BCUT2D eigenvalue weighted by molar-refractivity contribution is -0.230. The standard InChI is InChI=1S/C16H16F3NO2/c1-9-4-12-5-11(2-3-13(12)22-9)14(21)20-8-10-6-15(20,7-10)16(17,18)19/h2-3,5,9-10H,4,6-8H2,1H3. The van der Waals surface area contributed by atoms with E-state index in [-0.39, 0.29) is 31.4 Å². The monoisotopic (exact) mass is 311 g/mol. The van der Waals surface area contributed by atoms with Gasteiger partial charge in [-0.25, -0.2) is 0 Å². The van der Waals surface area contributed by atoms with Gasteiger partial charge in [0.2, 0.25) is 0 Å². The minimum atomic E-state index is -4.36. The highest BCUT2D eigenvalue weighted by atomic mass is 19.4. The summed E-state index contributed by atoms with van der Waals surface area (Å²) in [7, 11) is 0. The summed E-state index contributed by atoms with van der Waals surface area (Å²) >= 11 is 0. The van der Waals surface area contributed by atoms with Gasteiger partial charge in [0, 0.05) is 18.5 Å².